The number of aryl methyl sites for hydroxylation is 2. The third-order valence-electron chi connectivity index (χ3n) is 6.25. The summed E-state index contributed by atoms with van der Waals surface area (Å²) in [5.41, 5.74) is 11.3. The van der Waals surface area contributed by atoms with Gasteiger partial charge in [-0.3, -0.25) is 4.90 Å². The van der Waals surface area contributed by atoms with Gasteiger partial charge in [0.15, 0.2) is 5.13 Å². The summed E-state index contributed by atoms with van der Waals surface area (Å²) >= 11 is 1.72. The molecule has 0 aliphatic carbocycles. The Kier molecular flexibility index (Phi) is 14.2. The van der Waals surface area contributed by atoms with Gasteiger partial charge in [0.2, 0.25) is 0 Å². The molecule has 2 aromatic carbocycles. The second-order valence-corrected chi connectivity index (χ2v) is 9.51. The van der Waals surface area contributed by atoms with Crippen molar-refractivity contribution in [2.75, 3.05) is 25.6 Å². The van der Waals surface area contributed by atoms with Crippen molar-refractivity contribution in [1.82, 2.24) is 9.88 Å². The summed E-state index contributed by atoms with van der Waals surface area (Å²) in [6.45, 7) is 6.01. The Morgan fingerprint density at radius 1 is 1.11 bits per heavy atom. The van der Waals surface area contributed by atoms with Gasteiger partial charge in [0, 0.05) is 35.8 Å². The van der Waals surface area contributed by atoms with Crippen molar-refractivity contribution in [3.63, 3.8) is 0 Å². The molecule has 1 fully saturated rings. The summed E-state index contributed by atoms with van der Waals surface area (Å²) in [6, 6.07) is 17.4. The number of nitrogens with zero attached hydrogens (tertiary/aromatic N) is 3. The summed E-state index contributed by atoms with van der Waals surface area (Å²) in [5.74, 6) is 0.912. The smallest absolute Gasteiger partial charge is 0.190 e. The molecule has 2 unspecified atom stereocenters. The first-order chi connectivity index (χ1) is 15.0. The fourth-order valence-electron chi connectivity index (χ4n) is 4.41. The molecule has 0 radical (unpaired) electrons. The van der Waals surface area contributed by atoms with Crippen molar-refractivity contribution >= 4 is 59.4 Å². The molecule has 3 aromatic rings. The van der Waals surface area contributed by atoms with Crippen LogP contribution >= 0.6 is 48.6 Å². The van der Waals surface area contributed by atoms with E-state index in [1.807, 2.05) is 0 Å². The quantitative estimate of drug-likeness (QED) is 0.419. The molecule has 35 heavy (non-hydrogen) atoms. The van der Waals surface area contributed by atoms with E-state index in [0.717, 1.165) is 48.2 Å². The van der Waals surface area contributed by atoms with Crippen LogP contribution in [-0.2, 0) is 6.54 Å². The molecular weight excluding hydrogens is 527 g/mol. The predicted octanol–water partition coefficient (Wildman–Crippen LogP) is 5.64. The fraction of sp³-hybridized carbons (Fsp3) is 0.400. The van der Waals surface area contributed by atoms with Crippen LogP contribution in [0, 0.1) is 13.8 Å². The lowest BCUT2D eigenvalue weighted by molar-refractivity contribution is 0.119. The maximum atomic E-state index is 6.61. The van der Waals surface area contributed by atoms with Crippen LogP contribution in [0.1, 0.15) is 40.6 Å². The van der Waals surface area contributed by atoms with Crippen LogP contribution in [0.5, 0.6) is 5.75 Å². The maximum Gasteiger partial charge on any atom is 0.190 e. The zero-order valence-corrected chi connectivity index (χ0v) is 23.8. The highest BCUT2D eigenvalue weighted by molar-refractivity contribution is 7.15. The van der Waals surface area contributed by atoms with Crippen LogP contribution in [-0.4, -0.2) is 42.1 Å². The van der Waals surface area contributed by atoms with Gasteiger partial charge in [0.05, 0.1) is 18.8 Å². The number of likely N-dealkylation sites (tertiary alicyclic amines) is 1. The Balaban J connectivity index is 0.00000289. The molecule has 1 aliphatic rings. The van der Waals surface area contributed by atoms with E-state index < -0.39 is 0 Å². The number of methoxy groups -OCH3 is 1. The Morgan fingerprint density at radius 3 is 2.40 bits per heavy atom. The number of ether oxygens (including phenoxy) is 1. The Bertz CT molecular complexity index is 1020. The molecule has 0 spiro atoms. The van der Waals surface area contributed by atoms with E-state index >= 15 is 0 Å². The zero-order chi connectivity index (χ0) is 22.0. The van der Waals surface area contributed by atoms with Crippen molar-refractivity contribution in [2.45, 2.75) is 45.3 Å². The molecule has 0 amide bonds. The topological polar surface area (TPSA) is 86.1 Å². The van der Waals surface area contributed by atoms with E-state index in [2.05, 4.69) is 79.2 Å². The molecular formula is C25H37Cl3N4O2S. The van der Waals surface area contributed by atoms with Gasteiger partial charge in [-0.2, -0.15) is 0 Å². The zero-order valence-electron chi connectivity index (χ0n) is 20.6. The SMILES string of the molecule is COc1ccc(N(C)c2nc(C)c(C)s2)cc1CN1CCCC(N)C1c1ccccc1.Cl.Cl.Cl.O. The first-order valence-electron chi connectivity index (χ1n) is 10.9. The Labute approximate surface area is 231 Å². The van der Waals surface area contributed by atoms with Crippen molar-refractivity contribution in [3.8, 4) is 5.75 Å². The van der Waals surface area contributed by atoms with Gasteiger partial charge in [-0.25, -0.2) is 4.98 Å². The monoisotopic (exact) mass is 562 g/mol. The molecule has 4 N–H and O–H groups in total. The molecule has 196 valence electrons. The molecule has 4 rings (SSSR count). The first-order valence-corrected chi connectivity index (χ1v) is 11.7. The minimum Gasteiger partial charge on any atom is -0.496 e. The van der Waals surface area contributed by atoms with Gasteiger partial charge in [-0.05, 0) is 57.0 Å². The molecule has 6 nitrogen and oxygen atoms in total. The number of benzene rings is 2. The summed E-state index contributed by atoms with van der Waals surface area (Å²) in [7, 11) is 3.82. The van der Waals surface area contributed by atoms with E-state index in [0.29, 0.717) is 0 Å². The number of rotatable bonds is 6. The van der Waals surface area contributed by atoms with Crippen LogP contribution in [0.15, 0.2) is 48.5 Å². The molecule has 1 aliphatic heterocycles. The average Bonchev–Trinajstić information content (AvgIpc) is 3.12. The van der Waals surface area contributed by atoms with Gasteiger partial charge >= 0.3 is 0 Å². The standard InChI is InChI=1S/C25H32N4OS.3ClH.H2O/c1-17-18(2)31-25(27-17)28(3)21-12-13-23(30-4)20(15-21)16-29-14-8-11-22(26)24(29)19-9-6-5-7-10-19;;;;/h5-7,9-10,12-13,15,22,24H,8,11,14,16,26H2,1-4H3;3*1H;1H2. The minimum absolute atomic E-state index is 0. The summed E-state index contributed by atoms with van der Waals surface area (Å²) < 4.78 is 5.73. The Hall–Kier alpha value is -1.58. The van der Waals surface area contributed by atoms with Crippen molar-refractivity contribution in [1.29, 1.82) is 0 Å². The van der Waals surface area contributed by atoms with Crippen molar-refractivity contribution in [2.24, 2.45) is 5.73 Å². The molecule has 10 heteroatoms. The largest absolute Gasteiger partial charge is 0.496 e. The van der Waals surface area contributed by atoms with Crippen LogP contribution in [0.4, 0.5) is 10.8 Å². The van der Waals surface area contributed by atoms with Crippen LogP contribution in [0.2, 0.25) is 0 Å². The third kappa shape index (κ3) is 7.46. The number of aromatic nitrogens is 1. The van der Waals surface area contributed by atoms with Crippen molar-refractivity contribution in [3.05, 3.63) is 70.2 Å². The summed E-state index contributed by atoms with van der Waals surface area (Å²) in [6.07, 6.45) is 2.17. The van der Waals surface area contributed by atoms with Crippen LogP contribution in [0.3, 0.4) is 0 Å². The summed E-state index contributed by atoms with van der Waals surface area (Å²) in [5, 5.41) is 1.01. The average molecular weight is 564 g/mol. The highest BCUT2D eigenvalue weighted by Gasteiger charge is 2.31. The number of anilines is 2. The van der Waals surface area contributed by atoms with Gasteiger partial charge < -0.3 is 20.8 Å². The number of hydrogen-bond donors (Lipinski definition) is 1. The van der Waals surface area contributed by atoms with Gasteiger partial charge in [-0.15, -0.1) is 48.6 Å². The highest BCUT2D eigenvalue weighted by Crippen LogP contribution is 2.36. The van der Waals surface area contributed by atoms with E-state index in [-0.39, 0.29) is 54.8 Å². The molecule has 2 atom stereocenters. The predicted molar refractivity (Wildman–Crippen MR) is 155 cm³/mol. The van der Waals surface area contributed by atoms with E-state index in [1.165, 1.54) is 16.0 Å². The number of nitrogens with two attached hydrogens (primary N) is 1. The lowest BCUT2D eigenvalue weighted by atomic mass is 9.90. The maximum absolute atomic E-state index is 6.61. The van der Waals surface area contributed by atoms with Gasteiger partial charge in [0.1, 0.15) is 5.75 Å². The van der Waals surface area contributed by atoms with Crippen molar-refractivity contribution < 1.29 is 10.2 Å². The lowest BCUT2D eigenvalue weighted by Gasteiger charge is -2.40. The normalized spacial score (nSPS) is 17.2. The van der Waals surface area contributed by atoms with E-state index in [1.54, 1.807) is 18.4 Å². The molecule has 1 saturated heterocycles. The molecule has 0 bridgehead atoms. The second kappa shape index (κ2) is 14.9. The molecule has 1 aromatic heterocycles. The first kappa shape index (κ1) is 33.4. The number of hydrogen-bond acceptors (Lipinski definition) is 6. The van der Waals surface area contributed by atoms with Crippen LogP contribution < -0.4 is 15.4 Å². The van der Waals surface area contributed by atoms with Crippen LogP contribution in [0.25, 0.3) is 0 Å². The molecule has 0 saturated carbocycles. The minimum atomic E-state index is 0. The number of piperidine rings is 1. The number of thiazole rings is 1. The third-order valence-corrected chi connectivity index (χ3v) is 7.40. The second-order valence-electron chi connectivity index (χ2n) is 8.33. The van der Waals surface area contributed by atoms with E-state index in [9.17, 15) is 0 Å². The van der Waals surface area contributed by atoms with Gasteiger partial charge in [-0.1, -0.05) is 30.3 Å². The van der Waals surface area contributed by atoms with E-state index in [4.69, 9.17) is 15.5 Å². The van der Waals surface area contributed by atoms with Gasteiger partial charge in [0.25, 0.3) is 0 Å². The molecule has 2 heterocycles. The summed E-state index contributed by atoms with van der Waals surface area (Å²) in [4.78, 5) is 10.6. The fourth-order valence-corrected chi connectivity index (χ4v) is 5.30. The number of halogens is 3. The highest BCUT2D eigenvalue weighted by atomic mass is 35.5. The lowest BCUT2D eigenvalue weighted by Crippen LogP contribution is -2.45. The Morgan fingerprint density at radius 2 is 1.80 bits per heavy atom.